The lowest BCUT2D eigenvalue weighted by Crippen LogP contribution is -2.48. The zero-order valence-corrected chi connectivity index (χ0v) is 14.5. The molecule has 120 valence electrons. The molecule has 1 rings (SSSR count). The first-order valence-corrected chi connectivity index (χ1v) is 9.55. The van der Waals surface area contributed by atoms with Crippen molar-refractivity contribution in [3.63, 3.8) is 0 Å². The molecule has 20 heavy (non-hydrogen) atoms. The van der Waals surface area contributed by atoms with E-state index < -0.39 is 10.0 Å². The zero-order valence-electron chi connectivity index (χ0n) is 13.7. The molecule has 0 aromatic carbocycles. The summed E-state index contributed by atoms with van der Waals surface area (Å²) in [5, 5.41) is 3.64. The van der Waals surface area contributed by atoms with Crippen LogP contribution >= 0.6 is 0 Å². The Kier molecular flexibility index (Phi) is 6.95. The molecule has 1 saturated heterocycles. The first-order chi connectivity index (χ1) is 9.20. The van der Waals surface area contributed by atoms with Crippen LogP contribution in [-0.4, -0.2) is 43.6 Å². The van der Waals surface area contributed by atoms with Crippen LogP contribution in [0.5, 0.6) is 0 Å². The molecule has 0 aromatic heterocycles. The first kappa shape index (κ1) is 17.9. The van der Waals surface area contributed by atoms with Gasteiger partial charge in [-0.05, 0) is 38.0 Å². The van der Waals surface area contributed by atoms with Gasteiger partial charge in [-0.3, -0.25) is 0 Å². The van der Waals surface area contributed by atoms with Gasteiger partial charge in [0, 0.05) is 25.2 Å². The highest BCUT2D eigenvalue weighted by atomic mass is 32.2. The van der Waals surface area contributed by atoms with Crippen molar-refractivity contribution in [2.24, 2.45) is 11.8 Å². The van der Waals surface area contributed by atoms with Crippen molar-refractivity contribution in [3.05, 3.63) is 0 Å². The predicted molar refractivity (Wildman–Crippen MR) is 85.3 cm³/mol. The Morgan fingerprint density at radius 3 is 2.05 bits per heavy atom. The van der Waals surface area contributed by atoms with Crippen molar-refractivity contribution in [3.8, 4) is 0 Å². The number of nitrogens with one attached hydrogen (secondary N) is 1. The fourth-order valence-electron chi connectivity index (χ4n) is 3.00. The van der Waals surface area contributed by atoms with Gasteiger partial charge in [-0.15, -0.1) is 0 Å². The highest BCUT2D eigenvalue weighted by molar-refractivity contribution is 7.89. The van der Waals surface area contributed by atoms with Crippen molar-refractivity contribution in [1.29, 1.82) is 0 Å². The van der Waals surface area contributed by atoms with Crippen LogP contribution in [-0.2, 0) is 10.0 Å². The summed E-state index contributed by atoms with van der Waals surface area (Å²) in [7, 11) is -3.05. The quantitative estimate of drug-likeness (QED) is 0.786. The smallest absolute Gasteiger partial charge is 0.214 e. The number of rotatable bonds is 7. The Balaban J connectivity index is 2.40. The highest BCUT2D eigenvalue weighted by Crippen LogP contribution is 2.17. The van der Waals surface area contributed by atoms with Gasteiger partial charge in [0.25, 0.3) is 0 Å². The molecule has 0 radical (unpaired) electrons. The van der Waals surface area contributed by atoms with Crippen molar-refractivity contribution in [2.75, 3.05) is 18.8 Å². The summed E-state index contributed by atoms with van der Waals surface area (Å²) in [4.78, 5) is 0. The van der Waals surface area contributed by atoms with E-state index in [1.807, 2.05) is 13.8 Å². The van der Waals surface area contributed by atoms with Crippen LogP contribution in [0.4, 0.5) is 0 Å². The van der Waals surface area contributed by atoms with E-state index >= 15 is 0 Å². The normalized spacial score (nSPS) is 20.8. The summed E-state index contributed by atoms with van der Waals surface area (Å²) in [6, 6.07) is 0.980. The predicted octanol–water partition coefficient (Wildman–Crippen LogP) is 2.46. The van der Waals surface area contributed by atoms with Crippen LogP contribution in [0.3, 0.4) is 0 Å². The van der Waals surface area contributed by atoms with Gasteiger partial charge in [0.15, 0.2) is 0 Å². The van der Waals surface area contributed by atoms with E-state index in [9.17, 15) is 8.42 Å². The van der Waals surface area contributed by atoms with Crippen LogP contribution in [0.25, 0.3) is 0 Å². The molecule has 0 aromatic rings. The maximum absolute atomic E-state index is 12.2. The van der Waals surface area contributed by atoms with Crippen molar-refractivity contribution in [1.82, 2.24) is 9.62 Å². The fraction of sp³-hybridized carbons (Fsp3) is 1.00. The van der Waals surface area contributed by atoms with Crippen LogP contribution in [0.15, 0.2) is 0 Å². The van der Waals surface area contributed by atoms with Gasteiger partial charge in [0.2, 0.25) is 10.0 Å². The summed E-state index contributed by atoms with van der Waals surface area (Å²) in [6.45, 7) is 11.9. The first-order valence-electron chi connectivity index (χ1n) is 7.94. The lowest BCUT2D eigenvalue weighted by atomic mass is 10.0. The molecule has 1 heterocycles. The standard InChI is InChI=1S/C15H32N2O2S/c1-12(2)10-14(5)16-15-6-8-17(9-7-15)20(18,19)11-13(3)4/h12-16H,6-11H2,1-5H3/t14-/m1/s1. The lowest BCUT2D eigenvalue weighted by Gasteiger charge is -2.34. The molecule has 1 fully saturated rings. The number of hydrogen-bond donors (Lipinski definition) is 1. The van der Waals surface area contributed by atoms with Gasteiger partial charge in [0.05, 0.1) is 5.75 Å². The van der Waals surface area contributed by atoms with Gasteiger partial charge in [0.1, 0.15) is 0 Å². The molecule has 1 aliphatic rings. The summed E-state index contributed by atoms with van der Waals surface area (Å²) in [5.74, 6) is 1.17. The molecule has 0 amide bonds. The molecule has 0 aliphatic carbocycles. The van der Waals surface area contributed by atoms with E-state index in [1.165, 1.54) is 6.42 Å². The Morgan fingerprint density at radius 2 is 1.60 bits per heavy atom. The van der Waals surface area contributed by atoms with Gasteiger partial charge >= 0.3 is 0 Å². The molecule has 1 atom stereocenters. The Labute approximate surface area is 125 Å². The minimum atomic E-state index is -3.05. The SMILES string of the molecule is CC(C)C[C@@H](C)NC1CCN(S(=O)(=O)CC(C)C)CC1. The maximum atomic E-state index is 12.2. The van der Waals surface area contributed by atoms with E-state index in [0.717, 1.165) is 12.8 Å². The zero-order chi connectivity index (χ0) is 15.3. The Bertz CT molecular complexity index is 371. The second-order valence-corrected chi connectivity index (χ2v) is 9.06. The second-order valence-electron chi connectivity index (χ2n) is 7.04. The molecule has 0 spiro atoms. The minimum absolute atomic E-state index is 0.196. The van der Waals surface area contributed by atoms with E-state index in [4.69, 9.17) is 0 Å². The van der Waals surface area contributed by atoms with Gasteiger partial charge in [-0.1, -0.05) is 27.7 Å². The van der Waals surface area contributed by atoms with E-state index in [1.54, 1.807) is 4.31 Å². The van der Waals surface area contributed by atoms with Crippen molar-refractivity contribution < 1.29 is 8.42 Å². The van der Waals surface area contributed by atoms with Gasteiger partial charge < -0.3 is 5.32 Å². The minimum Gasteiger partial charge on any atom is -0.311 e. The summed E-state index contributed by atoms with van der Waals surface area (Å²) in [6.07, 6.45) is 3.03. The average molecular weight is 305 g/mol. The van der Waals surface area contributed by atoms with Gasteiger partial charge in [-0.2, -0.15) is 0 Å². The van der Waals surface area contributed by atoms with Crippen LogP contribution in [0.2, 0.25) is 0 Å². The van der Waals surface area contributed by atoms with E-state index in [0.29, 0.717) is 31.1 Å². The number of hydrogen-bond acceptors (Lipinski definition) is 3. The van der Waals surface area contributed by atoms with Crippen LogP contribution in [0, 0.1) is 11.8 Å². The Morgan fingerprint density at radius 1 is 1.05 bits per heavy atom. The third-order valence-electron chi connectivity index (χ3n) is 3.74. The topological polar surface area (TPSA) is 49.4 Å². The molecule has 0 saturated carbocycles. The largest absolute Gasteiger partial charge is 0.311 e. The molecular formula is C15H32N2O2S. The Hall–Kier alpha value is -0.130. The molecule has 1 aliphatic heterocycles. The van der Waals surface area contributed by atoms with Gasteiger partial charge in [-0.25, -0.2) is 12.7 Å². The van der Waals surface area contributed by atoms with Crippen molar-refractivity contribution >= 4 is 10.0 Å². The molecule has 0 unspecified atom stereocenters. The van der Waals surface area contributed by atoms with E-state index in [2.05, 4.69) is 26.1 Å². The monoisotopic (exact) mass is 304 g/mol. The van der Waals surface area contributed by atoms with E-state index in [-0.39, 0.29) is 11.7 Å². The summed E-state index contributed by atoms with van der Waals surface area (Å²) >= 11 is 0. The lowest BCUT2D eigenvalue weighted by molar-refractivity contribution is 0.267. The van der Waals surface area contributed by atoms with Crippen LogP contribution in [0.1, 0.15) is 53.9 Å². The van der Waals surface area contributed by atoms with Crippen molar-refractivity contribution in [2.45, 2.75) is 66.0 Å². The number of nitrogens with zero attached hydrogens (tertiary/aromatic N) is 1. The average Bonchev–Trinajstić information content (AvgIpc) is 2.26. The second kappa shape index (κ2) is 7.76. The van der Waals surface area contributed by atoms with Crippen LogP contribution < -0.4 is 5.32 Å². The molecule has 5 heteroatoms. The summed E-state index contributed by atoms with van der Waals surface area (Å²) in [5.41, 5.74) is 0. The summed E-state index contributed by atoms with van der Waals surface area (Å²) < 4.78 is 26.0. The number of sulfonamides is 1. The highest BCUT2D eigenvalue weighted by Gasteiger charge is 2.28. The third-order valence-corrected chi connectivity index (χ3v) is 5.98. The maximum Gasteiger partial charge on any atom is 0.214 e. The third kappa shape index (κ3) is 6.10. The number of piperidine rings is 1. The molecular weight excluding hydrogens is 272 g/mol. The molecule has 4 nitrogen and oxygen atoms in total. The molecule has 1 N–H and O–H groups in total. The fourth-order valence-corrected chi connectivity index (χ4v) is 4.83. The molecule has 0 bridgehead atoms.